The zero-order valence-electron chi connectivity index (χ0n) is 9.23. The van der Waals surface area contributed by atoms with Crippen LogP contribution in [0.4, 0.5) is 0 Å². The summed E-state index contributed by atoms with van der Waals surface area (Å²) in [4.78, 5) is 4.38. The third kappa shape index (κ3) is 1.87. The van der Waals surface area contributed by atoms with E-state index in [4.69, 9.17) is 4.74 Å². The average Bonchev–Trinajstić information content (AvgIpc) is 2.27. The standard InChI is InChI=1S/C14H15NO/c1-2-7-14-12(6-1)8-13(9-15-14)16-10-11-4-3-5-11/h1-2,6-9,11H,3-5,10H2. The lowest BCUT2D eigenvalue weighted by molar-refractivity contribution is 0.180. The average molecular weight is 213 g/mol. The molecule has 16 heavy (non-hydrogen) atoms. The molecule has 0 radical (unpaired) electrons. The van der Waals surface area contributed by atoms with Crippen LogP contribution in [0.15, 0.2) is 36.5 Å². The van der Waals surface area contributed by atoms with Crippen LogP contribution in [0.3, 0.4) is 0 Å². The summed E-state index contributed by atoms with van der Waals surface area (Å²) in [6.45, 7) is 0.847. The van der Waals surface area contributed by atoms with Crippen molar-refractivity contribution in [2.75, 3.05) is 6.61 Å². The summed E-state index contributed by atoms with van der Waals surface area (Å²) in [5, 5.41) is 1.15. The minimum atomic E-state index is 0.770. The highest BCUT2D eigenvalue weighted by atomic mass is 16.5. The number of aromatic nitrogens is 1. The molecule has 1 aliphatic carbocycles. The van der Waals surface area contributed by atoms with Gasteiger partial charge in [-0.15, -0.1) is 0 Å². The van der Waals surface area contributed by atoms with Crippen molar-refractivity contribution in [3.63, 3.8) is 0 Å². The van der Waals surface area contributed by atoms with Gasteiger partial charge in [-0.2, -0.15) is 0 Å². The van der Waals surface area contributed by atoms with E-state index in [0.29, 0.717) is 0 Å². The first-order valence-electron chi connectivity index (χ1n) is 5.89. The Kier molecular flexibility index (Phi) is 2.49. The third-order valence-corrected chi connectivity index (χ3v) is 3.28. The van der Waals surface area contributed by atoms with Gasteiger partial charge in [0.15, 0.2) is 0 Å². The number of hydrogen-bond donors (Lipinski definition) is 0. The van der Waals surface area contributed by atoms with Crippen LogP contribution in [0, 0.1) is 5.92 Å². The van der Waals surface area contributed by atoms with Gasteiger partial charge in [-0.3, -0.25) is 4.98 Å². The number of ether oxygens (including phenoxy) is 1. The Bertz CT molecular complexity index is 491. The van der Waals surface area contributed by atoms with E-state index < -0.39 is 0 Å². The van der Waals surface area contributed by atoms with Crippen molar-refractivity contribution in [1.29, 1.82) is 0 Å². The summed E-state index contributed by atoms with van der Waals surface area (Å²) < 4.78 is 5.76. The highest BCUT2D eigenvalue weighted by molar-refractivity contribution is 5.79. The predicted octanol–water partition coefficient (Wildman–Crippen LogP) is 3.41. The van der Waals surface area contributed by atoms with Gasteiger partial charge in [0.1, 0.15) is 5.75 Å². The molecule has 3 rings (SSSR count). The molecule has 0 spiro atoms. The largest absolute Gasteiger partial charge is 0.492 e. The minimum Gasteiger partial charge on any atom is -0.492 e. The van der Waals surface area contributed by atoms with Gasteiger partial charge >= 0.3 is 0 Å². The molecular formula is C14H15NO. The molecule has 1 aromatic carbocycles. The van der Waals surface area contributed by atoms with Crippen LogP contribution >= 0.6 is 0 Å². The number of pyridine rings is 1. The normalized spacial score (nSPS) is 16.0. The summed E-state index contributed by atoms with van der Waals surface area (Å²) in [5.41, 5.74) is 1.03. The van der Waals surface area contributed by atoms with E-state index in [0.717, 1.165) is 29.2 Å². The van der Waals surface area contributed by atoms with Gasteiger partial charge in [0.2, 0.25) is 0 Å². The van der Waals surface area contributed by atoms with Crippen LogP contribution < -0.4 is 4.74 Å². The molecule has 82 valence electrons. The molecule has 0 bridgehead atoms. The van der Waals surface area contributed by atoms with Crippen molar-refractivity contribution in [3.8, 4) is 5.75 Å². The number of benzene rings is 1. The molecule has 1 aliphatic rings. The molecule has 0 aliphatic heterocycles. The van der Waals surface area contributed by atoms with Crippen LogP contribution in [0.5, 0.6) is 5.75 Å². The first-order chi connectivity index (χ1) is 7.92. The van der Waals surface area contributed by atoms with Gasteiger partial charge in [-0.1, -0.05) is 24.6 Å². The lowest BCUT2D eigenvalue weighted by Crippen LogP contribution is -2.19. The van der Waals surface area contributed by atoms with Crippen LogP contribution in [0.25, 0.3) is 10.9 Å². The molecule has 1 saturated carbocycles. The summed E-state index contributed by atoms with van der Waals surface area (Å²) >= 11 is 0. The fraction of sp³-hybridized carbons (Fsp3) is 0.357. The Morgan fingerprint density at radius 2 is 2.12 bits per heavy atom. The van der Waals surface area contributed by atoms with E-state index in [1.807, 2.05) is 24.4 Å². The Balaban J connectivity index is 1.76. The van der Waals surface area contributed by atoms with E-state index in [2.05, 4.69) is 17.1 Å². The molecule has 0 unspecified atom stereocenters. The van der Waals surface area contributed by atoms with E-state index >= 15 is 0 Å². The fourth-order valence-corrected chi connectivity index (χ4v) is 2.00. The Hall–Kier alpha value is -1.57. The highest BCUT2D eigenvalue weighted by Gasteiger charge is 2.17. The maximum Gasteiger partial charge on any atom is 0.138 e. The predicted molar refractivity (Wildman–Crippen MR) is 64.6 cm³/mol. The summed E-state index contributed by atoms with van der Waals surface area (Å²) in [6.07, 6.45) is 5.83. The van der Waals surface area contributed by atoms with Crippen molar-refractivity contribution in [2.24, 2.45) is 5.92 Å². The van der Waals surface area contributed by atoms with E-state index in [9.17, 15) is 0 Å². The first-order valence-corrected chi connectivity index (χ1v) is 5.89. The zero-order chi connectivity index (χ0) is 10.8. The van der Waals surface area contributed by atoms with Crippen molar-refractivity contribution >= 4 is 10.9 Å². The monoisotopic (exact) mass is 213 g/mol. The number of nitrogens with zero attached hydrogens (tertiary/aromatic N) is 1. The summed E-state index contributed by atoms with van der Waals surface area (Å²) in [5.74, 6) is 1.66. The topological polar surface area (TPSA) is 22.1 Å². The van der Waals surface area contributed by atoms with Crippen LogP contribution in [0.1, 0.15) is 19.3 Å². The minimum absolute atomic E-state index is 0.770. The van der Waals surface area contributed by atoms with Gasteiger partial charge in [0, 0.05) is 5.39 Å². The summed E-state index contributed by atoms with van der Waals surface area (Å²) in [7, 11) is 0. The molecule has 1 aromatic heterocycles. The van der Waals surface area contributed by atoms with Crippen molar-refractivity contribution in [3.05, 3.63) is 36.5 Å². The van der Waals surface area contributed by atoms with Crippen molar-refractivity contribution in [1.82, 2.24) is 4.98 Å². The van der Waals surface area contributed by atoms with Gasteiger partial charge in [0.05, 0.1) is 18.3 Å². The molecule has 2 nitrogen and oxygen atoms in total. The molecule has 0 N–H and O–H groups in total. The fourth-order valence-electron chi connectivity index (χ4n) is 2.00. The molecule has 0 amide bonds. The second-order valence-corrected chi connectivity index (χ2v) is 4.47. The number of fused-ring (bicyclic) bond motifs is 1. The Morgan fingerprint density at radius 3 is 2.94 bits per heavy atom. The summed E-state index contributed by atoms with van der Waals surface area (Å²) in [6, 6.07) is 10.2. The van der Waals surface area contributed by atoms with Gasteiger partial charge < -0.3 is 4.74 Å². The lowest BCUT2D eigenvalue weighted by Gasteiger charge is -2.25. The Morgan fingerprint density at radius 1 is 1.25 bits per heavy atom. The van der Waals surface area contributed by atoms with E-state index in [1.54, 1.807) is 0 Å². The molecule has 2 aromatic rings. The van der Waals surface area contributed by atoms with Crippen molar-refractivity contribution in [2.45, 2.75) is 19.3 Å². The maximum atomic E-state index is 5.76. The quantitative estimate of drug-likeness (QED) is 0.779. The van der Waals surface area contributed by atoms with Crippen LogP contribution in [0.2, 0.25) is 0 Å². The zero-order valence-corrected chi connectivity index (χ0v) is 9.23. The smallest absolute Gasteiger partial charge is 0.138 e. The molecule has 1 heterocycles. The maximum absolute atomic E-state index is 5.76. The number of para-hydroxylation sites is 1. The van der Waals surface area contributed by atoms with Crippen LogP contribution in [-0.2, 0) is 0 Å². The van der Waals surface area contributed by atoms with Gasteiger partial charge in [-0.05, 0) is 30.9 Å². The molecule has 0 atom stereocenters. The van der Waals surface area contributed by atoms with Gasteiger partial charge in [-0.25, -0.2) is 0 Å². The van der Waals surface area contributed by atoms with Crippen molar-refractivity contribution < 1.29 is 4.74 Å². The molecule has 2 heteroatoms. The SMILES string of the molecule is c1ccc2ncc(OCC3CCC3)cc2c1. The number of hydrogen-bond acceptors (Lipinski definition) is 2. The first kappa shape index (κ1) is 9.64. The Labute approximate surface area is 95.3 Å². The van der Waals surface area contributed by atoms with Crippen LogP contribution in [-0.4, -0.2) is 11.6 Å². The van der Waals surface area contributed by atoms with Gasteiger partial charge in [0.25, 0.3) is 0 Å². The third-order valence-electron chi connectivity index (χ3n) is 3.28. The molecular weight excluding hydrogens is 198 g/mol. The second-order valence-electron chi connectivity index (χ2n) is 4.47. The lowest BCUT2D eigenvalue weighted by atomic mass is 9.86. The molecule has 0 saturated heterocycles. The van der Waals surface area contributed by atoms with E-state index in [-0.39, 0.29) is 0 Å². The highest BCUT2D eigenvalue weighted by Crippen LogP contribution is 2.27. The second kappa shape index (κ2) is 4.12. The molecule has 1 fully saturated rings. The van der Waals surface area contributed by atoms with E-state index in [1.165, 1.54) is 19.3 Å². The number of rotatable bonds is 3.